The molecule has 3 amide bonds. The van der Waals surface area contributed by atoms with Crippen LogP contribution in [0.3, 0.4) is 0 Å². The molecule has 0 aromatic heterocycles. The lowest BCUT2D eigenvalue weighted by molar-refractivity contribution is -0.148. The Morgan fingerprint density at radius 2 is 1.68 bits per heavy atom. The molecule has 2 aromatic carbocycles. The molecule has 3 rings (SSSR count). The van der Waals surface area contributed by atoms with E-state index in [2.05, 4.69) is 10.6 Å². The van der Waals surface area contributed by atoms with Gasteiger partial charge in [0, 0.05) is 12.6 Å². The Labute approximate surface area is 225 Å². The van der Waals surface area contributed by atoms with Crippen LogP contribution in [0, 0.1) is 5.92 Å². The zero-order chi connectivity index (χ0) is 27.9. The van der Waals surface area contributed by atoms with Crippen molar-refractivity contribution in [2.24, 2.45) is 5.92 Å². The van der Waals surface area contributed by atoms with Crippen molar-refractivity contribution in [2.75, 3.05) is 0 Å². The summed E-state index contributed by atoms with van der Waals surface area (Å²) in [5, 5.41) is 15.7. The topological polar surface area (TPSA) is 108 Å². The van der Waals surface area contributed by atoms with E-state index in [0.717, 1.165) is 24.8 Å². The third-order valence-corrected chi connectivity index (χ3v) is 6.92. The second-order valence-corrected chi connectivity index (χ2v) is 11.0. The molecule has 0 spiro atoms. The highest BCUT2D eigenvalue weighted by Gasteiger charge is 2.43. The van der Waals surface area contributed by atoms with Crippen LogP contribution in [0.1, 0.15) is 77.5 Å². The third-order valence-electron chi connectivity index (χ3n) is 6.92. The van der Waals surface area contributed by atoms with Gasteiger partial charge in [-0.25, -0.2) is 4.79 Å². The Morgan fingerprint density at radius 3 is 2.21 bits per heavy atom. The molecule has 1 saturated carbocycles. The number of carbonyl (C=O) groups is 3. The highest BCUT2D eigenvalue weighted by Crippen LogP contribution is 2.35. The number of nitrogens with one attached hydrogen (secondary N) is 2. The van der Waals surface area contributed by atoms with Gasteiger partial charge in [-0.2, -0.15) is 0 Å². The van der Waals surface area contributed by atoms with Crippen LogP contribution in [0.25, 0.3) is 0 Å². The summed E-state index contributed by atoms with van der Waals surface area (Å²) in [6, 6.07) is 14.0. The summed E-state index contributed by atoms with van der Waals surface area (Å²) in [6.07, 6.45) is 2.47. The molecule has 3 atom stereocenters. The van der Waals surface area contributed by atoms with Crippen molar-refractivity contribution in [3.05, 3.63) is 65.7 Å². The number of alkyl carbamates (subject to hydrolysis) is 1. The predicted molar refractivity (Wildman–Crippen MR) is 146 cm³/mol. The van der Waals surface area contributed by atoms with Crippen molar-refractivity contribution in [2.45, 2.75) is 90.6 Å². The molecule has 1 aliphatic rings. The molecule has 3 unspecified atom stereocenters. The molecule has 1 aliphatic carbocycles. The number of hydrogen-bond acceptors (Lipinski definition) is 5. The summed E-state index contributed by atoms with van der Waals surface area (Å²) in [4.78, 5) is 42.4. The number of carbonyl (C=O) groups excluding carboxylic acids is 3. The van der Waals surface area contributed by atoms with Crippen molar-refractivity contribution in [3.63, 3.8) is 0 Å². The maximum atomic E-state index is 14.3. The zero-order valence-corrected chi connectivity index (χ0v) is 23.1. The van der Waals surface area contributed by atoms with Crippen molar-refractivity contribution < 1.29 is 24.2 Å². The van der Waals surface area contributed by atoms with Gasteiger partial charge in [-0.3, -0.25) is 9.59 Å². The van der Waals surface area contributed by atoms with Gasteiger partial charge in [-0.05, 0) is 69.2 Å². The molecule has 38 heavy (non-hydrogen) atoms. The SMILES string of the molecule is CCC(C)C(NC(=O)OC(C)(C)C)C(=O)N(C1CCC1)C(C(=O)NCc1ccccc1)c1ccc(O)cc1. The number of aromatic hydroxyl groups is 1. The van der Waals surface area contributed by atoms with Crippen LogP contribution in [0.5, 0.6) is 5.75 Å². The number of phenolic OH excluding ortho intramolecular Hbond substituents is 1. The first-order chi connectivity index (χ1) is 18.0. The molecule has 3 N–H and O–H groups in total. The van der Waals surface area contributed by atoms with Crippen LogP contribution in [0.4, 0.5) is 4.79 Å². The average Bonchev–Trinajstić information content (AvgIpc) is 2.84. The Hall–Kier alpha value is -3.55. The molecule has 206 valence electrons. The number of hydrogen-bond donors (Lipinski definition) is 3. The van der Waals surface area contributed by atoms with Crippen molar-refractivity contribution in [1.29, 1.82) is 0 Å². The first-order valence-electron chi connectivity index (χ1n) is 13.4. The monoisotopic (exact) mass is 523 g/mol. The Bertz CT molecular complexity index is 1080. The molecule has 8 nitrogen and oxygen atoms in total. The molecule has 0 aliphatic heterocycles. The zero-order valence-electron chi connectivity index (χ0n) is 23.1. The molecular formula is C30H41N3O5. The summed E-state index contributed by atoms with van der Waals surface area (Å²) < 4.78 is 5.46. The summed E-state index contributed by atoms with van der Waals surface area (Å²) in [6.45, 7) is 9.48. The quantitative estimate of drug-likeness (QED) is 0.403. The normalized spacial score (nSPS) is 15.9. The van der Waals surface area contributed by atoms with Crippen LogP contribution < -0.4 is 10.6 Å². The van der Waals surface area contributed by atoms with Gasteiger partial charge in [0.2, 0.25) is 11.8 Å². The number of phenols is 1. The minimum atomic E-state index is -0.927. The first kappa shape index (κ1) is 29.0. The van der Waals surface area contributed by atoms with Gasteiger partial charge >= 0.3 is 6.09 Å². The van der Waals surface area contributed by atoms with E-state index in [1.54, 1.807) is 37.8 Å². The Morgan fingerprint density at radius 1 is 1.05 bits per heavy atom. The van der Waals surface area contributed by atoms with E-state index in [9.17, 15) is 19.5 Å². The van der Waals surface area contributed by atoms with Crippen LogP contribution in [-0.4, -0.2) is 45.6 Å². The standard InChI is InChI=1S/C30H41N3O5/c1-6-20(2)25(32-29(37)38-30(3,4)5)28(36)33(23-13-10-14-23)26(22-15-17-24(34)18-16-22)27(35)31-19-21-11-8-7-9-12-21/h7-9,11-12,15-18,20,23,25-26,34H,6,10,13-14,19H2,1-5H3,(H,31,35)(H,32,37). The maximum Gasteiger partial charge on any atom is 0.408 e. The fourth-order valence-corrected chi connectivity index (χ4v) is 4.44. The molecule has 0 saturated heterocycles. The highest BCUT2D eigenvalue weighted by molar-refractivity contribution is 5.92. The minimum absolute atomic E-state index is 0.0720. The van der Waals surface area contributed by atoms with Crippen molar-refractivity contribution >= 4 is 17.9 Å². The summed E-state index contributed by atoms with van der Waals surface area (Å²) >= 11 is 0. The van der Waals surface area contributed by atoms with Gasteiger partial charge in [0.25, 0.3) is 0 Å². The van der Waals surface area contributed by atoms with Crippen molar-refractivity contribution in [3.8, 4) is 5.75 Å². The van der Waals surface area contributed by atoms with E-state index < -0.39 is 23.8 Å². The van der Waals surface area contributed by atoms with E-state index in [1.807, 2.05) is 44.2 Å². The second-order valence-electron chi connectivity index (χ2n) is 11.0. The van der Waals surface area contributed by atoms with E-state index in [4.69, 9.17) is 4.74 Å². The van der Waals surface area contributed by atoms with E-state index in [-0.39, 0.29) is 29.5 Å². The van der Waals surface area contributed by atoms with Gasteiger partial charge in [0.05, 0.1) is 0 Å². The number of amides is 3. The molecule has 8 heteroatoms. The van der Waals surface area contributed by atoms with Crippen molar-refractivity contribution in [1.82, 2.24) is 15.5 Å². The number of rotatable bonds is 10. The third kappa shape index (κ3) is 7.73. The lowest BCUT2D eigenvalue weighted by Crippen LogP contribution is -2.59. The van der Waals surface area contributed by atoms with E-state index in [0.29, 0.717) is 18.5 Å². The molecular weight excluding hydrogens is 482 g/mol. The van der Waals surface area contributed by atoms with Crippen LogP contribution >= 0.6 is 0 Å². The fourth-order valence-electron chi connectivity index (χ4n) is 4.44. The fraction of sp³-hybridized carbons (Fsp3) is 0.500. The largest absolute Gasteiger partial charge is 0.508 e. The van der Waals surface area contributed by atoms with Gasteiger partial charge in [-0.15, -0.1) is 0 Å². The first-order valence-corrected chi connectivity index (χ1v) is 13.4. The molecule has 0 heterocycles. The number of nitrogens with zero attached hydrogens (tertiary/aromatic N) is 1. The second kappa shape index (κ2) is 12.8. The minimum Gasteiger partial charge on any atom is -0.508 e. The van der Waals surface area contributed by atoms with E-state index >= 15 is 0 Å². The molecule has 1 fully saturated rings. The maximum absolute atomic E-state index is 14.3. The number of ether oxygens (including phenoxy) is 1. The number of benzene rings is 2. The summed E-state index contributed by atoms with van der Waals surface area (Å²) in [5.41, 5.74) is 0.817. The molecule has 0 bridgehead atoms. The molecule has 0 radical (unpaired) electrons. The smallest absolute Gasteiger partial charge is 0.408 e. The molecule has 2 aromatic rings. The average molecular weight is 524 g/mol. The summed E-state index contributed by atoms with van der Waals surface area (Å²) in [7, 11) is 0. The lowest BCUT2D eigenvalue weighted by Gasteiger charge is -2.44. The van der Waals surface area contributed by atoms with Crippen LogP contribution in [0.15, 0.2) is 54.6 Å². The van der Waals surface area contributed by atoms with Crippen LogP contribution in [0.2, 0.25) is 0 Å². The van der Waals surface area contributed by atoms with Gasteiger partial charge in [0.1, 0.15) is 23.4 Å². The lowest BCUT2D eigenvalue weighted by atomic mass is 9.86. The Kier molecular flexibility index (Phi) is 9.78. The predicted octanol–water partition coefficient (Wildman–Crippen LogP) is 5.07. The summed E-state index contributed by atoms with van der Waals surface area (Å²) in [5.74, 6) is -0.754. The van der Waals surface area contributed by atoms with E-state index in [1.165, 1.54) is 12.1 Å². The van der Waals surface area contributed by atoms with Gasteiger partial charge in [-0.1, -0.05) is 62.7 Å². The van der Waals surface area contributed by atoms with Crippen LogP contribution in [-0.2, 0) is 20.9 Å². The Balaban J connectivity index is 1.97. The van der Waals surface area contributed by atoms with Gasteiger partial charge < -0.3 is 25.4 Å². The highest BCUT2D eigenvalue weighted by atomic mass is 16.6. The van der Waals surface area contributed by atoms with Gasteiger partial charge in [0.15, 0.2) is 0 Å².